The van der Waals surface area contributed by atoms with Crippen LogP contribution in [0.3, 0.4) is 0 Å². The molecular formula is C11H17Cl2N3O2. The molecule has 0 saturated carbocycles. The highest BCUT2D eigenvalue weighted by molar-refractivity contribution is 6.40. The summed E-state index contributed by atoms with van der Waals surface area (Å²) < 4.78 is 6.74. The Bertz CT molecular complexity index is 417. The van der Waals surface area contributed by atoms with Crippen LogP contribution in [-0.2, 0) is 11.5 Å². The molecule has 102 valence electrons. The molecule has 0 saturated heterocycles. The molecule has 1 heterocycles. The SMILES string of the molecule is CCOCn1c(C(=O)N(CC)CC)nc(Cl)c1Cl. The minimum Gasteiger partial charge on any atom is -0.361 e. The normalized spacial score (nSPS) is 10.7. The molecule has 0 atom stereocenters. The van der Waals surface area contributed by atoms with Gasteiger partial charge in [0.05, 0.1) is 0 Å². The van der Waals surface area contributed by atoms with E-state index in [-0.39, 0.29) is 28.8 Å². The zero-order valence-electron chi connectivity index (χ0n) is 10.7. The number of aromatic nitrogens is 2. The van der Waals surface area contributed by atoms with Crippen LogP contribution < -0.4 is 0 Å². The molecule has 0 N–H and O–H groups in total. The first-order valence-corrected chi connectivity index (χ1v) is 6.60. The van der Waals surface area contributed by atoms with Gasteiger partial charge in [-0.15, -0.1) is 0 Å². The number of carbonyl (C=O) groups excluding carboxylic acids is 1. The number of hydrogen-bond acceptors (Lipinski definition) is 3. The van der Waals surface area contributed by atoms with E-state index in [9.17, 15) is 4.79 Å². The van der Waals surface area contributed by atoms with Crippen molar-refractivity contribution in [1.29, 1.82) is 0 Å². The van der Waals surface area contributed by atoms with Gasteiger partial charge in [-0.25, -0.2) is 4.98 Å². The lowest BCUT2D eigenvalue weighted by atomic mass is 10.4. The van der Waals surface area contributed by atoms with Gasteiger partial charge >= 0.3 is 0 Å². The lowest BCUT2D eigenvalue weighted by molar-refractivity contribution is 0.0678. The van der Waals surface area contributed by atoms with E-state index in [1.54, 1.807) is 4.90 Å². The summed E-state index contributed by atoms with van der Waals surface area (Å²) in [5.41, 5.74) is 0. The molecule has 1 aromatic heterocycles. The zero-order valence-corrected chi connectivity index (χ0v) is 12.3. The van der Waals surface area contributed by atoms with Crippen molar-refractivity contribution in [2.75, 3.05) is 19.7 Å². The first-order chi connectivity index (χ1) is 8.56. The second-order valence-corrected chi connectivity index (χ2v) is 4.26. The Morgan fingerprint density at radius 2 is 1.94 bits per heavy atom. The van der Waals surface area contributed by atoms with Gasteiger partial charge in [0.2, 0.25) is 5.82 Å². The van der Waals surface area contributed by atoms with Crippen molar-refractivity contribution in [3.63, 3.8) is 0 Å². The van der Waals surface area contributed by atoms with Crippen molar-refractivity contribution >= 4 is 29.1 Å². The standard InChI is InChI=1S/C11H17Cl2N3O2/c1-4-15(5-2)11(17)10-14-8(12)9(13)16(10)7-18-6-3/h4-7H2,1-3H3. The Morgan fingerprint density at radius 1 is 1.33 bits per heavy atom. The fraction of sp³-hybridized carbons (Fsp3) is 0.636. The molecule has 7 heteroatoms. The lowest BCUT2D eigenvalue weighted by Gasteiger charge is -2.18. The van der Waals surface area contributed by atoms with E-state index in [1.165, 1.54) is 4.57 Å². The Hall–Kier alpha value is -0.780. The van der Waals surface area contributed by atoms with Crippen LogP contribution in [0.25, 0.3) is 0 Å². The number of halogens is 2. The van der Waals surface area contributed by atoms with Gasteiger partial charge in [-0.05, 0) is 20.8 Å². The molecule has 0 fully saturated rings. The van der Waals surface area contributed by atoms with E-state index in [2.05, 4.69) is 4.98 Å². The van der Waals surface area contributed by atoms with Crippen LogP contribution in [0.1, 0.15) is 31.4 Å². The summed E-state index contributed by atoms with van der Waals surface area (Å²) in [7, 11) is 0. The van der Waals surface area contributed by atoms with Crippen LogP contribution in [0.4, 0.5) is 0 Å². The molecule has 0 bridgehead atoms. The first kappa shape index (κ1) is 15.3. The largest absolute Gasteiger partial charge is 0.361 e. The van der Waals surface area contributed by atoms with Crippen LogP contribution >= 0.6 is 23.2 Å². The summed E-state index contributed by atoms with van der Waals surface area (Å²) in [5.74, 6) is 0.00986. The topological polar surface area (TPSA) is 47.4 Å². The van der Waals surface area contributed by atoms with Gasteiger partial charge in [0.25, 0.3) is 5.91 Å². The third kappa shape index (κ3) is 3.16. The summed E-state index contributed by atoms with van der Waals surface area (Å²) in [4.78, 5) is 17.9. The Kier molecular flexibility index (Phi) is 5.91. The molecule has 0 aliphatic carbocycles. The average molecular weight is 294 g/mol. The Balaban J connectivity index is 3.07. The van der Waals surface area contributed by atoms with Crippen molar-refractivity contribution in [2.24, 2.45) is 0 Å². The number of rotatable bonds is 6. The fourth-order valence-electron chi connectivity index (χ4n) is 1.52. The van der Waals surface area contributed by atoms with Crippen molar-refractivity contribution in [3.8, 4) is 0 Å². The molecule has 1 aromatic rings. The third-order valence-electron chi connectivity index (χ3n) is 2.53. The molecule has 0 radical (unpaired) electrons. The van der Waals surface area contributed by atoms with Crippen LogP contribution in [-0.4, -0.2) is 40.1 Å². The predicted molar refractivity (Wildman–Crippen MR) is 71.1 cm³/mol. The molecule has 18 heavy (non-hydrogen) atoms. The highest BCUT2D eigenvalue weighted by Gasteiger charge is 2.23. The van der Waals surface area contributed by atoms with Gasteiger partial charge in [0, 0.05) is 19.7 Å². The molecule has 0 aliphatic heterocycles. The van der Waals surface area contributed by atoms with Gasteiger partial charge in [0.15, 0.2) is 5.15 Å². The molecular weight excluding hydrogens is 277 g/mol. The maximum absolute atomic E-state index is 12.2. The van der Waals surface area contributed by atoms with E-state index in [0.717, 1.165) is 0 Å². The van der Waals surface area contributed by atoms with Gasteiger partial charge in [-0.1, -0.05) is 23.2 Å². The van der Waals surface area contributed by atoms with Crippen LogP contribution in [0.5, 0.6) is 0 Å². The van der Waals surface area contributed by atoms with Crippen molar-refractivity contribution in [3.05, 3.63) is 16.1 Å². The fourth-order valence-corrected chi connectivity index (χ4v) is 1.87. The van der Waals surface area contributed by atoms with E-state index in [4.69, 9.17) is 27.9 Å². The second-order valence-electron chi connectivity index (χ2n) is 3.54. The number of hydrogen-bond donors (Lipinski definition) is 0. The van der Waals surface area contributed by atoms with E-state index >= 15 is 0 Å². The van der Waals surface area contributed by atoms with E-state index in [1.807, 2.05) is 20.8 Å². The molecule has 0 unspecified atom stereocenters. The maximum atomic E-state index is 12.2. The zero-order chi connectivity index (χ0) is 13.7. The smallest absolute Gasteiger partial charge is 0.290 e. The molecule has 5 nitrogen and oxygen atoms in total. The Labute approximate surface area is 117 Å². The average Bonchev–Trinajstić information content (AvgIpc) is 2.65. The maximum Gasteiger partial charge on any atom is 0.290 e. The molecule has 0 aliphatic rings. The second kappa shape index (κ2) is 6.97. The number of imidazole rings is 1. The summed E-state index contributed by atoms with van der Waals surface area (Å²) in [6, 6.07) is 0. The number of amides is 1. The minimum atomic E-state index is -0.200. The van der Waals surface area contributed by atoms with Gasteiger partial charge in [0.1, 0.15) is 11.9 Å². The Morgan fingerprint density at radius 3 is 2.44 bits per heavy atom. The monoisotopic (exact) mass is 293 g/mol. The summed E-state index contributed by atoms with van der Waals surface area (Å²) in [6.45, 7) is 7.56. The van der Waals surface area contributed by atoms with Crippen molar-refractivity contribution in [2.45, 2.75) is 27.5 Å². The number of nitrogens with zero attached hydrogens (tertiary/aromatic N) is 3. The highest BCUT2D eigenvalue weighted by Crippen LogP contribution is 2.23. The van der Waals surface area contributed by atoms with E-state index in [0.29, 0.717) is 19.7 Å². The van der Waals surface area contributed by atoms with Crippen molar-refractivity contribution < 1.29 is 9.53 Å². The van der Waals surface area contributed by atoms with E-state index < -0.39 is 0 Å². The summed E-state index contributed by atoms with van der Waals surface area (Å²) >= 11 is 11.9. The first-order valence-electron chi connectivity index (χ1n) is 5.85. The predicted octanol–water partition coefficient (Wildman–Crippen LogP) is 2.67. The minimum absolute atomic E-state index is 0.117. The summed E-state index contributed by atoms with van der Waals surface area (Å²) in [6.07, 6.45) is 0. The van der Waals surface area contributed by atoms with Crippen LogP contribution in [0, 0.1) is 0 Å². The third-order valence-corrected chi connectivity index (χ3v) is 3.28. The number of ether oxygens (including phenoxy) is 1. The van der Waals surface area contributed by atoms with Gasteiger partial charge < -0.3 is 9.64 Å². The van der Waals surface area contributed by atoms with Gasteiger partial charge in [-0.2, -0.15) is 0 Å². The van der Waals surface area contributed by atoms with Gasteiger partial charge in [-0.3, -0.25) is 9.36 Å². The van der Waals surface area contributed by atoms with Crippen molar-refractivity contribution in [1.82, 2.24) is 14.5 Å². The lowest BCUT2D eigenvalue weighted by Crippen LogP contribution is -2.33. The van der Waals surface area contributed by atoms with Crippen LogP contribution in [0.15, 0.2) is 0 Å². The molecule has 1 amide bonds. The highest BCUT2D eigenvalue weighted by atomic mass is 35.5. The number of carbonyl (C=O) groups is 1. The molecule has 0 spiro atoms. The summed E-state index contributed by atoms with van der Waals surface area (Å²) in [5, 5.41) is 0.340. The van der Waals surface area contributed by atoms with Crippen LogP contribution in [0.2, 0.25) is 10.3 Å². The quantitative estimate of drug-likeness (QED) is 0.810. The molecule has 1 rings (SSSR count). The molecule has 0 aromatic carbocycles.